The zero-order valence-electron chi connectivity index (χ0n) is 23.0. The zero-order valence-corrected chi connectivity index (χ0v) is 23.8. The van der Waals surface area contributed by atoms with Crippen molar-refractivity contribution >= 4 is 17.9 Å². The van der Waals surface area contributed by atoms with E-state index < -0.39 is 5.60 Å². The number of likely N-dealkylation sites (tertiary alicyclic amines) is 1. The molecular formula is C32H38N2O3S. The smallest absolute Gasteiger partial charge is 0.410 e. The van der Waals surface area contributed by atoms with E-state index in [4.69, 9.17) is 9.47 Å². The Morgan fingerprint density at radius 1 is 1.00 bits per heavy atom. The van der Waals surface area contributed by atoms with E-state index in [0.29, 0.717) is 13.1 Å². The number of rotatable bonds is 5. The fourth-order valence-electron chi connectivity index (χ4n) is 5.22. The molecule has 38 heavy (non-hydrogen) atoms. The number of benzene rings is 2. The highest BCUT2D eigenvalue weighted by atomic mass is 32.2. The molecule has 0 atom stereocenters. The summed E-state index contributed by atoms with van der Waals surface area (Å²) >= 11 is 1.90. The van der Waals surface area contributed by atoms with Gasteiger partial charge in [0.05, 0.1) is 5.69 Å². The summed E-state index contributed by atoms with van der Waals surface area (Å²) in [6, 6.07) is 21.7. The van der Waals surface area contributed by atoms with Gasteiger partial charge in [0.1, 0.15) is 17.0 Å². The van der Waals surface area contributed by atoms with E-state index in [1.807, 2.05) is 50.4 Å². The number of fused-ring (bicyclic) bond motifs is 1. The van der Waals surface area contributed by atoms with Crippen molar-refractivity contribution in [2.45, 2.75) is 76.1 Å². The molecule has 1 amide bonds. The van der Waals surface area contributed by atoms with Gasteiger partial charge in [-0.25, -0.2) is 4.79 Å². The average Bonchev–Trinajstić information content (AvgIpc) is 2.88. The van der Waals surface area contributed by atoms with Crippen LogP contribution in [-0.4, -0.2) is 40.3 Å². The van der Waals surface area contributed by atoms with Crippen LogP contribution >= 0.6 is 11.8 Å². The number of carbonyl (C=O) groups is 1. The molecule has 5 rings (SSSR count). The lowest BCUT2D eigenvalue weighted by molar-refractivity contribution is -0.0272. The van der Waals surface area contributed by atoms with Crippen molar-refractivity contribution in [1.82, 2.24) is 9.88 Å². The number of aryl methyl sites for hydroxylation is 2. The van der Waals surface area contributed by atoms with E-state index >= 15 is 0 Å². The first-order chi connectivity index (χ1) is 18.2. The molecule has 0 N–H and O–H groups in total. The Balaban J connectivity index is 1.16. The number of hydrogen-bond acceptors (Lipinski definition) is 5. The third-order valence-corrected chi connectivity index (χ3v) is 8.35. The number of pyridine rings is 1. The van der Waals surface area contributed by atoms with Gasteiger partial charge in [-0.15, -0.1) is 0 Å². The number of amides is 1. The van der Waals surface area contributed by atoms with E-state index in [2.05, 4.69) is 59.6 Å². The number of piperidine rings is 1. The molecule has 1 aromatic heterocycles. The van der Waals surface area contributed by atoms with E-state index in [9.17, 15) is 4.79 Å². The molecule has 3 aromatic rings. The molecule has 5 nitrogen and oxygen atoms in total. The van der Waals surface area contributed by atoms with E-state index in [1.54, 1.807) is 0 Å². The van der Waals surface area contributed by atoms with Crippen LogP contribution in [0.2, 0.25) is 0 Å². The Bertz CT molecular complexity index is 1270. The summed E-state index contributed by atoms with van der Waals surface area (Å²) in [6.45, 7) is 9.11. The van der Waals surface area contributed by atoms with Crippen LogP contribution in [0.5, 0.6) is 5.75 Å². The highest BCUT2D eigenvalue weighted by Crippen LogP contribution is 2.41. The van der Waals surface area contributed by atoms with Crippen molar-refractivity contribution in [2.75, 3.05) is 13.1 Å². The number of thioether (sulfide) groups is 1. The molecule has 200 valence electrons. The van der Waals surface area contributed by atoms with Gasteiger partial charge in [-0.2, -0.15) is 11.8 Å². The largest absolute Gasteiger partial charge is 0.487 e. The third kappa shape index (κ3) is 6.52. The van der Waals surface area contributed by atoms with Crippen molar-refractivity contribution in [1.29, 1.82) is 0 Å². The van der Waals surface area contributed by atoms with Gasteiger partial charge in [-0.1, -0.05) is 36.4 Å². The molecule has 6 heteroatoms. The molecule has 1 spiro atoms. The lowest BCUT2D eigenvalue weighted by Gasteiger charge is -2.44. The van der Waals surface area contributed by atoms with Crippen molar-refractivity contribution in [3.63, 3.8) is 0 Å². The van der Waals surface area contributed by atoms with Gasteiger partial charge >= 0.3 is 6.09 Å². The van der Waals surface area contributed by atoms with Gasteiger partial charge in [0.25, 0.3) is 0 Å². The predicted octanol–water partition coefficient (Wildman–Crippen LogP) is 7.59. The zero-order chi connectivity index (χ0) is 26.8. The summed E-state index contributed by atoms with van der Waals surface area (Å²) in [4.78, 5) is 18.9. The number of ether oxygens (including phenoxy) is 2. The maximum atomic E-state index is 12.5. The highest BCUT2D eigenvalue weighted by Gasteiger charge is 2.41. The van der Waals surface area contributed by atoms with Crippen LogP contribution in [0, 0.1) is 6.92 Å². The second kappa shape index (κ2) is 11.0. The van der Waals surface area contributed by atoms with Crippen LogP contribution in [-0.2, 0) is 22.7 Å². The summed E-state index contributed by atoms with van der Waals surface area (Å²) in [5.74, 6) is 2.89. The van der Waals surface area contributed by atoms with Gasteiger partial charge in [0.2, 0.25) is 0 Å². The maximum Gasteiger partial charge on any atom is 0.410 e. The minimum atomic E-state index is -0.469. The molecule has 1 fully saturated rings. The Morgan fingerprint density at radius 3 is 2.45 bits per heavy atom. The van der Waals surface area contributed by atoms with Crippen LogP contribution in [0.3, 0.4) is 0 Å². The Hall–Kier alpha value is -2.99. The molecule has 0 radical (unpaired) electrons. The number of carbonyl (C=O) groups excluding carboxylic acids is 1. The molecule has 2 aliphatic rings. The number of hydrogen-bond donors (Lipinski definition) is 0. The van der Waals surface area contributed by atoms with Crippen molar-refractivity contribution < 1.29 is 14.3 Å². The Labute approximate surface area is 230 Å². The summed E-state index contributed by atoms with van der Waals surface area (Å²) in [5.41, 5.74) is 6.61. The summed E-state index contributed by atoms with van der Waals surface area (Å²) < 4.78 is 12.2. The third-order valence-electron chi connectivity index (χ3n) is 7.32. The van der Waals surface area contributed by atoms with Crippen molar-refractivity contribution in [3.8, 4) is 16.9 Å². The van der Waals surface area contributed by atoms with E-state index in [0.717, 1.165) is 54.3 Å². The molecule has 0 aliphatic carbocycles. The monoisotopic (exact) mass is 530 g/mol. The summed E-state index contributed by atoms with van der Waals surface area (Å²) in [7, 11) is 0. The minimum Gasteiger partial charge on any atom is -0.487 e. The highest BCUT2D eigenvalue weighted by molar-refractivity contribution is 7.97. The number of aromatic nitrogens is 1. The van der Waals surface area contributed by atoms with Crippen molar-refractivity contribution in [3.05, 3.63) is 83.2 Å². The Morgan fingerprint density at radius 2 is 1.74 bits per heavy atom. The van der Waals surface area contributed by atoms with Crippen LogP contribution in [0.4, 0.5) is 4.79 Å². The molecular weight excluding hydrogens is 492 g/mol. The fourth-order valence-corrected chi connectivity index (χ4v) is 6.12. The quantitative estimate of drug-likeness (QED) is 0.340. The second-order valence-electron chi connectivity index (χ2n) is 11.5. The summed E-state index contributed by atoms with van der Waals surface area (Å²) in [6.07, 6.45) is 3.44. The van der Waals surface area contributed by atoms with E-state index in [1.165, 1.54) is 22.3 Å². The van der Waals surface area contributed by atoms with Gasteiger partial charge in [-0.05, 0) is 87.1 Å². The molecule has 0 unspecified atom stereocenters. The molecule has 3 heterocycles. The average molecular weight is 531 g/mol. The van der Waals surface area contributed by atoms with Crippen LogP contribution in [0.25, 0.3) is 11.1 Å². The SMILES string of the molecule is Cc1cccc(CSCc2ccc(-c3ccc4c(c3)CCC3(CCN(C(=O)OC(C)(C)C)CC3)O4)cc2)n1. The van der Waals surface area contributed by atoms with Crippen LogP contribution in [0.15, 0.2) is 60.7 Å². The molecule has 0 saturated carbocycles. The van der Waals surface area contributed by atoms with E-state index in [-0.39, 0.29) is 11.7 Å². The lowest BCUT2D eigenvalue weighted by Crippen LogP contribution is -2.52. The predicted molar refractivity (Wildman–Crippen MR) is 155 cm³/mol. The molecule has 2 aliphatic heterocycles. The van der Waals surface area contributed by atoms with Crippen LogP contribution < -0.4 is 4.74 Å². The summed E-state index contributed by atoms with van der Waals surface area (Å²) in [5, 5.41) is 0. The minimum absolute atomic E-state index is 0.180. The first-order valence-corrected chi connectivity index (χ1v) is 14.7. The van der Waals surface area contributed by atoms with Crippen molar-refractivity contribution in [2.24, 2.45) is 0 Å². The van der Waals surface area contributed by atoms with Gasteiger partial charge in [-0.3, -0.25) is 4.98 Å². The van der Waals surface area contributed by atoms with Gasteiger partial charge in [0.15, 0.2) is 0 Å². The number of nitrogens with zero attached hydrogens (tertiary/aromatic N) is 2. The first kappa shape index (κ1) is 26.6. The molecule has 0 bridgehead atoms. The normalized spacial score (nSPS) is 16.6. The van der Waals surface area contributed by atoms with Gasteiger partial charge < -0.3 is 14.4 Å². The van der Waals surface area contributed by atoms with Gasteiger partial charge in [0, 0.05) is 43.1 Å². The topological polar surface area (TPSA) is 51.7 Å². The Kier molecular flexibility index (Phi) is 7.71. The molecule has 2 aromatic carbocycles. The molecule has 1 saturated heterocycles. The lowest BCUT2D eigenvalue weighted by atomic mass is 9.82. The second-order valence-corrected chi connectivity index (χ2v) is 12.5. The standard InChI is InChI=1S/C32H38N2O3S/c1-23-6-5-7-28(33-23)22-38-21-24-8-10-25(11-9-24)26-12-13-29-27(20-26)14-15-32(36-29)16-18-34(19-17-32)30(35)37-31(2,3)4/h5-13,20H,14-19,21-22H2,1-4H3. The first-order valence-electron chi connectivity index (χ1n) is 13.6. The fraction of sp³-hybridized carbons (Fsp3) is 0.438. The van der Waals surface area contributed by atoms with Crippen LogP contribution in [0.1, 0.15) is 62.5 Å². The maximum absolute atomic E-state index is 12.5.